The van der Waals surface area contributed by atoms with Crippen molar-refractivity contribution in [3.05, 3.63) is 12.2 Å². The summed E-state index contributed by atoms with van der Waals surface area (Å²) in [6.07, 6.45) is 10.6. The highest BCUT2D eigenvalue weighted by atomic mass is 16.5. The molecule has 4 N–H and O–H groups in total. The van der Waals surface area contributed by atoms with Gasteiger partial charge in [-0.1, -0.05) is 97.1 Å². The zero-order chi connectivity index (χ0) is 31.5. The molecule has 1 rings (SSSR count). The van der Waals surface area contributed by atoms with E-state index in [1.165, 1.54) is 69.5 Å². The van der Waals surface area contributed by atoms with Gasteiger partial charge < -0.3 is 35.0 Å². The Morgan fingerprint density at radius 3 is 2.05 bits per heavy atom. The number of aliphatic hydroxyl groups excluding tert-OH is 3. The molecule has 0 aromatic carbocycles. The fraction of sp³-hybridized carbons (Fsp3) is 0.844. The average molecular weight is 599 g/mol. The third-order valence-electron chi connectivity index (χ3n) is 7.83. The van der Waals surface area contributed by atoms with Gasteiger partial charge in [-0.15, -0.1) is 0 Å². The Kier molecular flexibility index (Phi) is 19.6. The molecule has 0 aromatic heterocycles. The Balaban J connectivity index is 2.48. The van der Waals surface area contributed by atoms with Crippen LogP contribution >= 0.6 is 0 Å². The number of hydrogen-bond acceptors (Lipinski definition) is 8. The van der Waals surface area contributed by atoms with E-state index in [-0.39, 0.29) is 30.8 Å². The van der Waals surface area contributed by atoms with Crippen LogP contribution in [0.3, 0.4) is 0 Å². The summed E-state index contributed by atoms with van der Waals surface area (Å²) < 4.78 is 10.6. The number of unbranched alkanes of at least 4 members (excludes halogenated alkanes) is 10. The Bertz CT molecular complexity index is 805. The number of esters is 1. The smallest absolute Gasteiger partial charge is 0.310 e. The maximum Gasteiger partial charge on any atom is 0.310 e. The SMILES string of the molecule is CCCCCCCCCCCCCOC(=O)C1CCC(NC(=O)[C@H](OC)[C@H](O)[C@@H](O)[C@H](O)/C=C/C(C)C)C(=O)N(C)C1. The molecule has 244 valence electrons. The highest BCUT2D eigenvalue weighted by Crippen LogP contribution is 2.20. The van der Waals surface area contributed by atoms with Gasteiger partial charge in [0.15, 0.2) is 6.10 Å². The van der Waals surface area contributed by atoms with Gasteiger partial charge in [0.05, 0.1) is 12.5 Å². The number of allylic oxidation sites excluding steroid dienone is 1. The summed E-state index contributed by atoms with van der Waals surface area (Å²) in [5.41, 5.74) is 0. The predicted octanol–water partition coefficient (Wildman–Crippen LogP) is 3.50. The van der Waals surface area contributed by atoms with Crippen LogP contribution < -0.4 is 5.32 Å². The molecule has 6 atom stereocenters. The maximum absolute atomic E-state index is 13.0. The molecule has 0 radical (unpaired) electrons. The van der Waals surface area contributed by atoms with Crippen LogP contribution in [0.15, 0.2) is 12.2 Å². The van der Waals surface area contributed by atoms with Gasteiger partial charge in [0.25, 0.3) is 5.91 Å². The molecule has 1 saturated heterocycles. The molecule has 42 heavy (non-hydrogen) atoms. The number of likely N-dealkylation sites (tertiary alicyclic amines) is 1. The lowest BCUT2D eigenvalue weighted by Crippen LogP contribution is -2.55. The number of nitrogens with zero attached hydrogens (tertiary/aromatic N) is 1. The molecule has 1 aliphatic rings. The number of likely N-dealkylation sites (N-methyl/N-ethyl adjacent to an activating group) is 1. The molecule has 0 spiro atoms. The molecular formula is C32H58N2O8. The predicted molar refractivity (Wildman–Crippen MR) is 163 cm³/mol. The molecule has 2 amide bonds. The summed E-state index contributed by atoms with van der Waals surface area (Å²) in [7, 11) is 2.76. The summed E-state index contributed by atoms with van der Waals surface area (Å²) in [6.45, 7) is 6.56. The van der Waals surface area contributed by atoms with Crippen LogP contribution in [0.2, 0.25) is 0 Å². The Morgan fingerprint density at radius 2 is 1.50 bits per heavy atom. The van der Waals surface area contributed by atoms with Gasteiger partial charge >= 0.3 is 5.97 Å². The van der Waals surface area contributed by atoms with Crippen molar-refractivity contribution in [2.24, 2.45) is 11.8 Å². The summed E-state index contributed by atoms with van der Waals surface area (Å²) in [5, 5.41) is 33.6. The van der Waals surface area contributed by atoms with Crippen LogP contribution in [0.5, 0.6) is 0 Å². The fourth-order valence-electron chi connectivity index (χ4n) is 5.14. The molecule has 10 nitrogen and oxygen atoms in total. The van der Waals surface area contributed by atoms with Crippen LogP contribution in [-0.4, -0.2) is 95.8 Å². The number of methoxy groups -OCH3 is 1. The first-order valence-electron chi connectivity index (χ1n) is 16.0. The van der Waals surface area contributed by atoms with Gasteiger partial charge in [-0.2, -0.15) is 0 Å². The van der Waals surface area contributed by atoms with Crippen molar-refractivity contribution in [2.75, 3.05) is 27.3 Å². The van der Waals surface area contributed by atoms with E-state index in [9.17, 15) is 29.7 Å². The number of hydrogen-bond donors (Lipinski definition) is 4. The van der Waals surface area contributed by atoms with E-state index < -0.39 is 42.3 Å². The second kappa shape index (κ2) is 21.6. The number of nitrogens with one attached hydrogen (secondary N) is 1. The second-order valence-corrected chi connectivity index (χ2v) is 12.0. The Labute approximate surface area is 253 Å². The average Bonchev–Trinajstić information content (AvgIpc) is 3.10. The first-order valence-corrected chi connectivity index (χ1v) is 16.0. The lowest BCUT2D eigenvalue weighted by molar-refractivity contribution is -0.152. The molecule has 0 aromatic rings. The quantitative estimate of drug-likeness (QED) is 0.0892. The third kappa shape index (κ3) is 14.4. The number of carbonyl (C=O) groups excluding carboxylic acids is 3. The summed E-state index contributed by atoms with van der Waals surface area (Å²) in [5.74, 6) is -1.89. The van der Waals surface area contributed by atoms with Crippen molar-refractivity contribution in [2.45, 2.75) is 135 Å². The van der Waals surface area contributed by atoms with Crippen LogP contribution in [0.25, 0.3) is 0 Å². The number of carbonyl (C=O) groups is 3. The Morgan fingerprint density at radius 1 is 0.929 bits per heavy atom. The van der Waals surface area contributed by atoms with Crippen LogP contribution in [-0.2, 0) is 23.9 Å². The lowest BCUT2D eigenvalue weighted by Gasteiger charge is -2.28. The highest BCUT2D eigenvalue weighted by molar-refractivity contribution is 5.90. The fourth-order valence-corrected chi connectivity index (χ4v) is 5.14. The van der Waals surface area contributed by atoms with Gasteiger partial charge in [-0.25, -0.2) is 0 Å². The molecule has 0 aliphatic carbocycles. The minimum absolute atomic E-state index is 0.120. The summed E-state index contributed by atoms with van der Waals surface area (Å²) >= 11 is 0. The van der Waals surface area contributed by atoms with Crippen LogP contribution in [0.4, 0.5) is 0 Å². The van der Waals surface area contributed by atoms with E-state index in [2.05, 4.69) is 12.2 Å². The maximum atomic E-state index is 13.0. The van der Waals surface area contributed by atoms with E-state index in [0.29, 0.717) is 13.0 Å². The molecule has 1 aliphatic heterocycles. The zero-order valence-electron chi connectivity index (χ0n) is 26.6. The van der Waals surface area contributed by atoms with Gasteiger partial charge in [0.1, 0.15) is 24.4 Å². The first kappa shape index (κ1) is 38.0. The number of rotatable bonds is 21. The number of aliphatic hydroxyl groups is 3. The van der Waals surface area contributed by atoms with E-state index in [1.54, 1.807) is 13.1 Å². The molecule has 2 unspecified atom stereocenters. The van der Waals surface area contributed by atoms with Crippen molar-refractivity contribution in [3.8, 4) is 0 Å². The molecule has 1 heterocycles. The van der Waals surface area contributed by atoms with E-state index in [4.69, 9.17) is 9.47 Å². The normalized spacial score (nSPS) is 20.8. The van der Waals surface area contributed by atoms with E-state index >= 15 is 0 Å². The molecule has 0 bridgehead atoms. The monoisotopic (exact) mass is 598 g/mol. The van der Waals surface area contributed by atoms with Crippen LogP contribution in [0, 0.1) is 11.8 Å². The second-order valence-electron chi connectivity index (χ2n) is 12.0. The van der Waals surface area contributed by atoms with Crippen molar-refractivity contribution in [1.29, 1.82) is 0 Å². The molecule has 10 heteroatoms. The van der Waals surface area contributed by atoms with Crippen molar-refractivity contribution >= 4 is 17.8 Å². The standard InChI is InChI=1S/C32H58N2O8/c1-6-7-8-9-10-11-12-13-14-15-16-21-42-32(40)24-18-19-25(31(39)34(4)22-24)33-30(38)29(41-5)28(37)27(36)26(35)20-17-23(2)3/h17,20,23-29,35-37H,6-16,18-19,21-22H2,1-5H3,(H,33,38)/b20-17+/t24?,25?,26-,27+,28-,29-/m1/s1. The van der Waals surface area contributed by atoms with Crippen molar-refractivity contribution in [1.82, 2.24) is 10.2 Å². The zero-order valence-corrected chi connectivity index (χ0v) is 26.6. The van der Waals surface area contributed by atoms with Gasteiger partial charge in [0.2, 0.25) is 5.91 Å². The van der Waals surface area contributed by atoms with Crippen LogP contribution in [0.1, 0.15) is 104 Å². The minimum Gasteiger partial charge on any atom is -0.465 e. The Hall–Kier alpha value is -2.01. The summed E-state index contributed by atoms with van der Waals surface area (Å²) in [4.78, 5) is 40.0. The summed E-state index contributed by atoms with van der Waals surface area (Å²) in [6, 6.07) is -0.931. The highest BCUT2D eigenvalue weighted by Gasteiger charge is 2.39. The van der Waals surface area contributed by atoms with Gasteiger partial charge in [0, 0.05) is 20.7 Å². The van der Waals surface area contributed by atoms with E-state index in [1.807, 2.05) is 13.8 Å². The first-order chi connectivity index (χ1) is 20.0. The number of amides is 2. The van der Waals surface area contributed by atoms with E-state index in [0.717, 1.165) is 19.3 Å². The topological polar surface area (TPSA) is 146 Å². The molecule has 0 saturated carbocycles. The third-order valence-corrected chi connectivity index (χ3v) is 7.83. The number of ether oxygens (including phenoxy) is 2. The van der Waals surface area contributed by atoms with Gasteiger partial charge in [-0.05, 0) is 25.2 Å². The van der Waals surface area contributed by atoms with Crippen molar-refractivity contribution in [3.63, 3.8) is 0 Å². The molecule has 1 fully saturated rings. The largest absolute Gasteiger partial charge is 0.465 e. The van der Waals surface area contributed by atoms with Gasteiger partial charge in [-0.3, -0.25) is 14.4 Å². The van der Waals surface area contributed by atoms with Crippen molar-refractivity contribution < 1.29 is 39.2 Å². The molecular weight excluding hydrogens is 540 g/mol. The lowest BCUT2D eigenvalue weighted by atomic mass is 9.99. The minimum atomic E-state index is -1.74.